The van der Waals surface area contributed by atoms with Crippen LogP contribution in [-0.4, -0.2) is 35.5 Å². The molecule has 1 unspecified atom stereocenters. The van der Waals surface area contributed by atoms with Crippen LogP contribution in [0.25, 0.3) is 0 Å². The van der Waals surface area contributed by atoms with Crippen molar-refractivity contribution in [2.24, 2.45) is 0 Å². The van der Waals surface area contributed by atoms with Crippen LogP contribution in [0.1, 0.15) is 33.3 Å². The molecule has 0 aromatic heterocycles. The fourth-order valence-corrected chi connectivity index (χ4v) is 2.32. The predicted octanol–water partition coefficient (Wildman–Crippen LogP) is 3.02. The summed E-state index contributed by atoms with van der Waals surface area (Å²) in [5.41, 5.74) is 1.62. The highest BCUT2D eigenvalue weighted by Gasteiger charge is 2.20. The van der Waals surface area contributed by atoms with Gasteiger partial charge in [0.2, 0.25) is 5.91 Å². The van der Waals surface area contributed by atoms with Crippen molar-refractivity contribution in [3.63, 3.8) is 0 Å². The van der Waals surface area contributed by atoms with Crippen molar-refractivity contribution in [1.29, 1.82) is 0 Å². The average molecular weight is 337 g/mol. The second kappa shape index (κ2) is 8.82. The number of hydrogen-bond donors (Lipinski definition) is 3. The van der Waals surface area contributed by atoms with Crippen LogP contribution in [0.15, 0.2) is 24.3 Å². The third-order valence-electron chi connectivity index (χ3n) is 3.05. The Kier molecular flexibility index (Phi) is 7.42. The minimum atomic E-state index is -0.602. The summed E-state index contributed by atoms with van der Waals surface area (Å²) >= 11 is 1.81. The molecule has 0 spiro atoms. The van der Waals surface area contributed by atoms with E-state index in [9.17, 15) is 9.59 Å². The standard InChI is InChI=1S/C17H27N3O2S/c1-12(15(21)20-17(2,3)4)18-16(22)19-14-8-6-13(7-9-14)10-11-23-5/h6-9,12H,10-11H2,1-5H3,(H,20,21)(H2,18,19,22). The fourth-order valence-electron chi connectivity index (χ4n) is 1.88. The van der Waals surface area contributed by atoms with E-state index in [0.717, 1.165) is 12.2 Å². The first kappa shape index (κ1) is 19.4. The van der Waals surface area contributed by atoms with E-state index < -0.39 is 12.1 Å². The Hall–Kier alpha value is -1.69. The largest absolute Gasteiger partial charge is 0.350 e. The molecular formula is C17H27N3O2S. The Balaban J connectivity index is 2.48. The van der Waals surface area contributed by atoms with Crippen LogP contribution in [0.4, 0.5) is 10.5 Å². The number of aryl methyl sites for hydroxylation is 1. The van der Waals surface area contributed by atoms with Gasteiger partial charge in [0.05, 0.1) is 0 Å². The van der Waals surface area contributed by atoms with Gasteiger partial charge in [-0.15, -0.1) is 0 Å². The molecule has 0 fully saturated rings. The molecule has 0 saturated carbocycles. The second-order valence-electron chi connectivity index (χ2n) is 6.50. The van der Waals surface area contributed by atoms with Crippen LogP contribution in [0.5, 0.6) is 0 Å². The summed E-state index contributed by atoms with van der Waals surface area (Å²) in [6.45, 7) is 7.36. The number of nitrogens with one attached hydrogen (secondary N) is 3. The molecule has 3 amide bonds. The minimum absolute atomic E-state index is 0.208. The molecule has 1 aromatic carbocycles. The maximum Gasteiger partial charge on any atom is 0.319 e. The molecule has 0 bridgehead atoms. The van der Waals surface area contributed by atoms with Gasteiger partial charge in [-0.25, -0.2) is 4.79 Å². The van der Waals surface area contributed by atoms with Crippen LogP contribution >= 0.6 is 11.8 Å². The fraction of sp³-hybridized carbons (Fsp3) is 0.529. The van der Waals surface area contributed by atoms with Crippen LogP contribution in [0, 0.1) is 0 Å². The summed E-state index contributed by atoms with van der Waals surface area (Å²) in [7, 11) is 0. The molecule has 128 valence electrons. The van der Waals surface area contributed by atoms with Crippen molar-refractivity contribution >= 4 is 29.4 Å². The molecule has 0 aliphatic carbocycles. The number of carbonyl (C=O) groups excluding carboxylic acids is 2. The molecule has 1 atom stereocenters. The molecule has 23 heavy (non-hydrogen) atoms. The molecule has 3 N–H and O–H groups in total. The average Bonchev–Trinajstić information content (AvgIpc) is 2.44. The number of urea groups is 1. The lowest BCUT2D eigenvalue weighted by molar-refractivity contribution is -0.123. The molecule has 1 rings (SSSR count). The van der Waals surface area contributed by atoms with Gasteiger partial charge in [0, 0.05) is 11.2 Å². The normalized spacial score (nSPS) is 12.4. The van der Waals surface area contributed by atoms with Crippen LogP contribution < -0.4 is 16.0 Å². The van der Waals surface area contributed by atoms with Gasteiger partial charge in [0.15, 0.2) is 0 Å². The van der Waals surface area contributed by atoms with Gasteiger partial charge in [-0.1, -0.05) is 12.1 Å². The highest BCUT2D eigenvalue weighted by molar-refractivity contribution is 7.98. The first-order valence-electron chi connectivity index (χ1n) is 7.68. The van der Waals surface area contributed by atoms with Gasteiger partial charge in [0.25, 0.3) is 0 Å². The summed E-state index contributed by atoms with van der Waals surface area (Å²) in [6.07, 6.45) is 3.09. The quantitative estimate of drug-likeness (QED) is 0.747. The van der Waals surface area contributed by atoms with E-state index in [0.29, 0.717) is 5.69 Å². The molecule has 0 saturated heterocycles. The third-order valence-corrected chi connectivity index (χ3v) is 3.66. The van der Waals surface area contributed by atoms with E-state index in [1.807, 2.05) is 45.0 Å². The summed E-state index contributed by atoms with van der Waals surface area (Å²) in [5.74, 6) is 0.869. The van der Waals surface area contributed by atoms with Gasteiger partial charge in [-0.05, 0) is 63.8 Å². The number of hydrogen-bond acceptors (Lipinski definition) is 3. The SMILES string of the molecule is CSCCc1ccc(NC(=O)NC(C)C(=O)NC(C)(C)C)cc1. The van der Waals surface area contributed by atoms with E-state index in [1.54, 1.807) is 18.7 Å². The molecular weight excluding hydrogens is 310 g/mol. The molecule has 1 aromatic rings. The van der Waals surface area contributed by atoms with Crippen molar-refractivity contribution in [2.75, 3.05) is 17.3 Å². The summed E-state index contributed by atoms with van der Waals surface area (Å²) in [5, 5.41) is 8.20. The van der Waals surface area contributed by atoms with Crippen LogP contribution in [0.3, 0.4) is 0 Å². The van der Waals surface area contributed by atoms with Crippen molar-refractivity contribution in [1.82, 2.24) is 10.6 Å². The van der Waals surface area contributed by atoms with Crippen molar-refractivity contribution in [3.05, 3.63) is 29.8 Å². The molecule has 0 heterocycles. The number of rotatable bonds is 6. The number of amides is 3. The Labute approximate surface area is 143 Å². The summed E-state index contributed by atoms with van der Waals surface area (Å²) in [4.78, 5) is 23.9. The smallest absolute Gasteiger partial charge is 0.319 e. The second-order valence-corrected chi connectivity index (χ2v) is 7.48. The van der Waals surface area contributed by atoms with Crippen LogP contribution in [-0.2, 0) is 11.2 Å². The van der Waals surface area contributed by atoms with E-state index in [4.69, 9.17) is 0 Å². The highest BCUT2D eigenvalue weighted by atomic mass is 32.2. The first-order chi connectivity index (χ1) is 10.7. The van der Waals surface area contributed by atoms with Gasteiger partial charge in [-0.3, -0.25) is 4.79 Å². The molecule has 6 heteroatoms. The summed E-state index contributed by atoms with van der Waals surface area (Å²) < 4.78 is 0. The van der Waals surface area contributed by atoms with Crippen molar-refractivity contribution < 1.29 is 9.59 Å². The highest BCUT2D eigenvalue weighted by Crippen LogP contribution is 2.11. The number of carbonyl (C=O) groups is 2. The maximum absolute atomic E-state index is 11.9. The molecule has 5 nitrogen and oxygen atoms in total. The van der Waals surface area contributed by atoms with Gasteiger partial charge >= 0.3 is 6.03 Å². The topological polar surface area (TPSA) is 70.2 Å². The number of benzene rings is 1. The maximum atomic E-state index is 11.9. The Morgan fingerprint density at radius 1 is 1.17 bits per heavy atom. The van der Waals surface area contributed by atoms with E-state index in [1.165, 1.54) is 5.56 Å². The number of thioether (sulfide) groups is 1. The van der Waals surface area contributed by atoms with E-state index in [-0.39, 0.29) is 11.4 Å². The molecule has 0 aliphatic heterocycles. The monoisotopic (exact) mass is 337 g/mol. The Morgan fingerprint density at radius 3 is 2.30 bits per heavy atom. The summed E-state index contributed by atoms with van der Waals surface area (Å²) in [6, 6.07) is 6.75. The van der Waals surface area contributed by atoms with Crippen LogP contribution in [0.2, 0.25) is 0 Å². The van der Waals surface area contributed by atoms with Gasteiger partial charge in [-0.2, -0.15) is 11.8 Å². The number of anilines is 1. The molecule has 0 radical (unpaired) electrons. The van der Waals surface area contributed by atoms with E-state index in [2.05, 4.69) is 22.2 Å². The Bertz CT molecular complexity index is 524. The minimum Gasteiger partial charge on any atom is -0.350 e. The van der Waals surface area contributed by atoms with E-state index >= 15 is 0 Å². The first-order valence-corrected chi connectivity index (χ1v) is 9.08. The van der Waals surface area contributed by atoms with Gasteiger partial charge < -0.3 is 16.0 Å². The van der Waals surface area contributed by atoms with Crippen molar-refractivity contribution in [2.45, 2.75) is 45.7 Å². The predicted molar refractivity (Wildman–Crippen MR) is 98.0 cm³/mol. The molecule has 0 aliphatic rings. The zero-order valence-electron chi connectivity index (χ0n) is 14.5. The third kappa shape index (κ3) is 7.93. The lowest BCUT2D eigenvalue weighted by atomic mass is 10.1. The van der Waals surface area contributed by atoms with Gasteiger partial charge in [0.1, 0.15) is 6.04 Å². The zero-order chi connectivity index (χ0) is 17.5. The lowest BCUT2D eigenvalue weighted by Crippen LogP contribution is -2.51. The lowest BCUT2D eigenvalue weighted by Gasteiger charge is -2.23. The Morgan fingerprint density at radius 2 is 1.78 bits per heavy atom. The van der Waals surface area contributed by atoms with Crippen molar-refractivity contribution in [3.8, 4) is 0 Å². The zero-order valence-corrected chi connectivity index (χ0v) is 15.3.